The molecular weight excluding hydrogens is 939 g/mol. The Morgan fingerprint density at radius 1 is 0.904 bits per heavy atom. The number of piperidine rings is 1. The van der Waals surface area contributed by atoms with Crippen molar-refractivity contribution in [1.82, 2.24) is 30.2 Å². The zero-order valence-corrected chi connectivity index (χ0v) is 43.5. The molecule has 5 N–H and O–H groups in total. The van der Waals surface area contributed by atoms with Crippen molar-refractivity contribution in [2.24, 2.45) is 22.7 Å². The number of aliphatic hydroxyl groups excluding tert-OH is 2. The number of Topliss-reactive ketones (excluding diaryl/α,β-unsaturated/α-hetero) is 2. The number of phenolic OH excluding ortho intramolecular Hbond substituents is 1. The van der Waals surface area contributed by atoms with Gasteiger partial charge in [-0.3, -0.25) is 38.8 Å². The molecule has 1 aliphatic carbocycles. The third-order valence-electron chi connectivity index (χ3n) is 15.6. The maximum atomic E-state index is 14.8. The van der Waals surface area contributed by atoms with E-state index in [1.807, 2.05) is 0 Å². The molecule has 2 amide bonds. The van der Waals surface area contributed by atoms with E-state index in [-0.39, 0.29) is 75.9 Å². The number of nitrogens with one attached hydrogen (secondary N) is 2. The number of hydrogen-bond donors (Lipinski definition) is 5. The molecule has 7 heterocycles. The number of likely N-dealkylation sites (tertiary alicyclic amines) is 1. The van der Waals surface area contributed by atoms with Gasteiger partial charge in [-0.05, 0) is 38.7 Å². The van der Waals surface area contributed by atoms with Crippen LogP contribution in [0.2, 0.25) is 0 Å². The predicted octanol–water partition coefficient (Wildman–Crippen LogP) is 3.35. The number of benzene rings is 1. The van der Waals surface area contributed by atoms with E-state index >= 15 is 0 Å². The number of rotatable bonds is 8. The van der Waals surface area contributed by atoms with Crippen LogP contribution < -0.4 is 15.4 Å². The fourth-order valence-electron chi connectivity index (χ4n) is 10.8. The van der Waals surface area contributed by atoms with E-state index in [1.54, 1.807) is 50.0 Å². The van der Waals surface area contributed by atoms with Crippen molar-refractivity contribution < 1.29 is 58.2 Å². The Kier molecular flexibility index (Phi) is 16.7. The third-order valence-corrected chi connectivity index (χ3v) is 15.6. The Balaban J connectivity index is 1.03. The van der Waals surface area contributed by atoms with Crippen molar-refractivity contribution in [2.75, 3.05) is 85.2 Å². The average Bonchev–Trinajstić information content (AvgIpc) is 3.86. The van der Waals surface area contributed by atoms with Gasteiger partial charge in [0.25, 0.3) is 11.7 Å². The summed E-state index contributed by atoms with van der Waals surface area (Å²) in [6.45, 7) is 22.2. The van der Waals surface area contributed by atoms with Gasteiger partial charge in [-0.2, -0.15) is 0 Å². The number of aromatic hydroxyl groups is 1. The summed E-state index contributed by atoms with van der Waals surface area (Å²) in [5.41, 5.74) is -0.193. The maximum Gasteiger partial charge on any atom is 0.315 e. The van der Waals surface area contributed by atoms with Gasteiger partial charge in [0, 0.05) is 127 Å². The van der Waals surface area contributed by atoms with Crippen LogP contribution >= 0.6 is 0 Å². The van der Waals surface area contributed by atoms with Crippen molar-refractivity contribution in [1.29, 1.82) is 0 Å². The fraction of sp³-hybridized carbons (Fsp3) is 0.630. The minimum absolute atomic E-state index is 0.0224. The first-order valence-electron chi connectivity index (χ1n) is 26.2. The molecule has 19 nitrogen and oxygen atoms in total. The van der Waals surface area contributed by atoms with E-state index in [4.69, 9.17) is 23.9 Å². The Bertz CT molecular complexity index is 2460. The Hall–Kier alpha value is -5.44. The number of morpholine rings is 1. The second-order valence-corrected chi connectivity index (χ2v) is 21.4. The lowest BCUT2D eigenvalue weighted by atomic mass is 9.82. The molecule has 5 bridgehead atoms. The lowest BCUT2D eigenvalue weighted by Gasteiger charge is -2.38. The highest BCUT2D eigenvalue weighted by Gasteiger charge is 2.54. The Morgan fingerprint density at radius 2 is 1.59 bits per heavy atom. The lowest BCUT2D eigenvalue weighted by molar-refractivity contribution is -0.158. The lowest BCUT2D eigenvalue weighted by Crippen LogP contribution is -2.51. The van der Waals surface area contributed by atoms with E-state index < -0.39 is 77.2 Å². The number of aliphatic imine (C=N–C) groups is 1. The molecule has 0 radical (unpaired) electrons. The number of ether oxygens (including phenoxy) is 4. The quantitative estimate of drug-likeness (QED) is 0.186. The van der Waals surface area contributed by atoms with Crippen molar-refractivity contribution in [3.63, 3.8) is 0 Å². The number of nitrogens with zero attached hydrogens (tertiary/aromatic N) is 5. The smallest absolute Gasteiger partial charge is 0.315 e. The molecule has 398 valence electrons. The summed E-state index contributed by atoms with van der Waals surface area (Å²) in [7, 11) is 0. The van der Waals surface area contributed by atoms with Gasteiger partial charge in [-0.15, -0.1) is 0 Å². The molecule has 7 aliphatic heterocycles. The monoisotopic (exact) mass is 1010 g/mol. The van der Waals surface area contributed by atoms with Crippen LogP contribution in [0.4, 0.5) is 0 Å². The molecule has 73 heavy (non-hydrogen) atoms. The summed E-state index contributed by atoms with van der Waals surface area (Å²) in [6.07, 6.45) is 5.79. The normalized spacial score (nSPS) is 30.2. The van der Waals surface area contributed by atoms with Gasteiger partial charge in [0.1, 0.15) is 35.4 Å². The summed E-state index contributed by atoms with van der Waals surface area (Å²) >= 11 is 0. The van der Waals surface area contributed by atoms with E-state index in [9.17, 15) is 39.3 Å². The number of hydrogen-bond acceptors (Lipinski definition) is 17. The van der Waals surface area contributed by atoms with E-state index in [1.165, 1.54) is 20.1 Å². The molecule has 3 saturated heterocycles. The number of phenols is 1. The summed E-state index contributed by atoms with van der Waals surface area (Å²) < 4.78 is 23.8. The summed E-state index contributed by atoms with van der Waals surface area (Å²) in [5.74, 6) is -6.03. The van der Waals surface area contributed by atoms with Crippen LogP contribution in [-0.4, -0.2) is 185 Å². The predicted molar refractivity (Wildman–Crippen MR) is 271 cm³/mol. The van der Waals surface area contributed by atoms with Gasteiger partial charge in [-0.1, -0.05) is 45.9 Å². The molecule has 0 saturated carbocycles. The first kappa shape index (κ1) is 53.8. The fourth-order valence-corrected chi connectivity index (χ4v) is 10.8. The van der Waals surface area contributed by atoms with Gasteiger partial charge in [0.2, 0.25) is 11.7 Å². The van der Waals surface area contributed by atoms with Crippen LogP contribution in [0.25, 0.3) is 0 Å². The van der Waals surface area contributed by atoms with Crippen molar-refractivity contribution in [2.45, 2.75) is 117 Å². The van der Waals surface area contributed by atoms with Gasteiger partial charge in [-0.25, -0.2) is 0 Å². The number of aliphatic hydroxyl groups is 2. The molecule has 8 aliphatic rings. The van der Waals surface area contributed by atoms with Crippen LogP contribution in [0, 0.1) is 24.7 Å². The number of carbonyl (C=O) groups excluding carboxylic acids is 5. The van der Waals surface area contributed by atoms with Crippen molar-refractivity contribution in [3.05, 3.63) is 69.8 Å². The topological polar surface area (TPSA) is 232 Å². The average molecular weight is 1010 g/mol. The minimum Gasteiger partial charge on any atom is -0.507 e. The maximum absolute atomic E-state index is 14.8. The summed E-state index contributed by atoms with van der Waals surface area (Å²) in [4.78, 5) is 84.4. The van der Waals surface area contributed by atoms with E-state index in [2.05, 4.69) is 39.2 Å². The highest BCUT2D eigenvalue weighted by atomic mass is 16.7. The van der Waals surface area contributed by atoms with E-state index in [0.29, 0.717) is 58.0 Å². The zero-order valence-electron chi connectivity index (χ0n) is 43.5. The molecule has 1 aromatic carbocycles. The second kappa shape index (κ2) is 22.6. The summed E-state index contributed by atoms with van der Waals surface area (Å²) in [6, 6.07) is 0. The SMILES string of the molecule is C/C1=C/C=C/C(C)[C@H](O)CC(O)[C@@H](C)[C@H](OC(=O)CC(=O)N2CCN(CCN3CCOCC3)CC2)CC/C=C/O[C@@]2(C)Oc3c(C)c(O)c4c(c3C2=O)C2=NC3(CCN(CC(C)C)CC3)NC2=C(NC1=O)C4=O. The molecule has 6 atom stereocenters. The van der Waals surface area contributed by atoms with Crippen molar-refractivity contribution in [3.8, 4) is 11.5 Å². The molecule has 1 aromatic rings. The molecule has 19 heteroatoms. The number of carbonyl (C=O) groups is 5. The summed E-state index contributed by atoms with van der Waals surface area (Å²) in [5, 5.41) is 41.0. The standard InChI is InChI=1S/C54H75N7O12/c1-32(2)31-60-16-14-54(15-17-60)56-45-42-43-48(66)36(6)50-44(42)51(68)53(7,73-50)71-26-9-8-13-39(72-41(65)30-40(64)61-22-20-58(21-23-61)18-19-59-24-27-70-28-25-59)35(5)38(63)29-37(62)33(3)11-10-12-34(4)52(69)55-47(49(43)67)46(45)57-54/h9-12,26,32-33,35,37-39,57,62-63,66H,8,13-25,27-31H2,1-7H3,(H,55,69)/b11-10+,26-9+,34-12-/t33?,35-,37-,38?,39-,53+/m1/s1. The largest absolute Gasteiger partial charge is 0.507 e. The second-order valence-electron chi connectivity index (χ2n) is 21.4. The number of allylic oxidation sites excluding steroid dienone is 5. The van der Waals surface area contributed by atoms with E-state index in [0.717, 1.165) is 45.9 Å². The van der Waals surface area contributed by atoms with Crippen LogP contribution in [0.15, 0.2) is 52.5 Å². The first-order valence-corrected chi connectivity index (χ1v) is 26.2. The first-order chi connectivity index (χ1) is 34.8. The van der Waals surface area contributed by atoms with Gasteiger partial charge in [0.05, 0.1) is 54.2 Å². The highest BCUT2D eigenvalue weighted by molar-refractivity contribution is 6.34. The van der Waals surface area contributed by atoms with Crippen LogP contribution in [0.3, 0.4) is 0 Å². The number of ketones is 2. The molecule has 1 spiro atoms. The molecule has 2 unspecified atom stereocenters. The number of fused-ring (bicyclic) bond motifs is 13. The molecule has 9 rings (SSSR count). The molecule has 0 aromatic heterocycles. The van der Waals surface area contributed by atoms with Crippen LogP contribution in [0.1, 0.15) is 112 Å². The molecule has 3 fully saturated rings. The Morgan fingerprint density at radius 3 is 2.27 bits per heavy atom. The zero-order chi connectivity index (χ0) is 52.4. The Labute approximate surface area is 428 Å². The van der Waals surface area contributed by atoms with Crippen molar-refractivity contribution >= 4 is 35.1 Å². The van der Waals surface area contributed by atoms with Gasteiger partial charge in [0.15, 0.2) is 0 Å². The minimum atomic E-state index is -1.95. The van der Waals surface area contributed by atoms with Crippen LogP contribution in [-0.2, 0) is 28.6 Å². The third kappa shape index (κ3) is 11.8. The molecular formula is C54H75N7O12. The van der Waals surface area contributed by atoms with Gasteiger partial charge >= 0.3 is 11.8 Å². The van der Waals surface area contributed by atoms with Crippen LogP contribution in [0.5, 0.6) is 11.5 Å². The van der Waals surface area contributed by atoms with Gasteiger partial charge < -0.3 is 54.7 Å². The number of piperazine rings is 1. The number of amides is 2. The highest BCUT2D eigenvalue weighted by Crippen LogP contribution is 2.50. The number of esters is 1.